The molecule has 1 amide bonds. The third-order valence-corrected chi connectivity index (χ3v) is 3.24. The molecule has 2 rings (SSSR count). The van der Waals surface area contributed by atoms with Gasteiger partial charge in [-0.25, -0.2) is 4.79 Å². The van der Waals surface area contributed by atoms with Crippen molar-refractivity contribution in [3.63, 3.8) is 0 Å². The van der Waals surface area contributed by atoms with Gasteiger partial charge in [-0.05, 0) is 24.3 Å². The Bertz CT molecular complexity index is 575. The number of carbonyl (C=O) groups excluding carboxylic acids is 1. The highest BCUT2D eigenvalue weighted by Crippen LogP contribution is 2.25. The number of ether oxygens (including phenoxy) is 2. The number of hydrogen-bond acceptors (Lipinski definition) is 7. The van der Waals surface area contributed by atoms with Crippen LogP contribution in [0, 0.1) is 0 Å². The number of rotatable bonds is 4. The molecule has 126 valence electrons. The molecule has 1 heterocycles. The summed E-state index contributed by atoms with van der Waals surface area (Å²) in [7, 11) is 0. The number of hydrogen-bond donors (Lipinski definition) is 5. The van der Waals surface area contributed by atoms with Crippen LogP contribution < -0.4 is 10.1 Å². The standard InChI is InChI=1S/C14H17NO8/c1-6(16)15-7-2-4-8(5-3-7)22-14-11(19)9(17)10(18)12(23-14)13(20)21/h2-5,9-12,14,17-19H,1H3,(H,15,16)(H,20,21)/t9-,10-,11+,12+,14+/m0/s1. The van der Waals surface area contributed by atoms with E-state index in [-0.39, 0.29) is 11.7 Å². The number of carboxylic acids is 1. The molecule has 0 unspecified atom stereocenters. The van der Waals surface area contributed by atoms with Gasteiger partial charge in [0.05, 0.1) is 0 Å². The second-order valence-corrected chi connectivity index (χ2v) is 5.06. The molecule has 23 heavy (non-hydrogen) atoms. The molecular formula is C14H17NO8. The zero-order valence-corrected chi connectivity index (χ0v) is 12.1. The molecule has 0 aromatic heterocycles. The molecule has 1 aliphatic rings. The van der Waals surface area contributed by atoms with Gasteiger partial charge in [-0.15, -0.1) is 0 Å². The van der Waals surface area contributed by atoms with Crippen molar-refractivity contribution in [1.82, 2.24) is 0 Å². The van der Waals surface area contributed by atoms with E-state index in [2.05, 4.69) is 5.32 Å². The Morgan fingerprint density at radius 1 is 1.09 bits per heavy atom. The van der Waals surface area contributed by atoms with Gasteiger partial charge < -0.3 is 35.2 Å². The zero-order valence-electron chi connectivity index (χ0n) is 12.1. The van der Waals surface area contributed by atoms with Crippen LogP contribution in [-0.2, 0) is 14.3 Å². The van der Waals surface area contributed by atoms with Crippen molar-refractivity contribution >= 4 is 17.6 Å². The molecule has 5 atom stereocenters. The van der Waals surface area contributed by atoms with Crippen molar-refractivity contribution in [2.45, 2.75) is 37.6 Å². The molecule has 0 bridgehead atoms. The van der Waals surface area contributed by atoms with Crippen LogP contribution in [0.3, 0.4) is 0 Å². The van der Waals surface area contributed by atoms with Gasteiger partial charge in [0, 0.05) is 12.6 Å². The smallest absolute Gasteiger partial charge is 0.335 e. The molecule has 0 saturated carbocycles. The van der Waals surface area contributed by atoms with Gasteiger partial charge in [0.15, 0.2) is 6.10 Å². The second kappa shape index (κ2) is 6.92. The lowest BCUT2D eigenvalue weighted by molar-refractivity contribution is -0.271. The van der Waals surface area contributed by atoms with Crippen molar-refractivity contribution in [3.05, 3.63) is 24.3 Å². The number of nitrogens with one attached hydrogen (secondary N) is 1. The van der Waals surface area contributed by atoms with Gasteiger partial charge in [0.2, 0.25) is 12.2 Å². The minimum Gasteiger partial charge on any atom is -0.479 e. The maximum Gasteiger partial charge on any atom is 0.335 e. The number of carbonyl (C=O) groups is 2. The van der Waals surface area contributed by atoms with Crippen LogP contribution in [0.5, 0.6) is 5.75 Å². The largest absolute Gasteiger partial charge is 0.479 e. The molecule has 1 aromatic carbocycles. The Morgan fingerprint density at radius 3 is 2.22 bits per heavy atom. The Balaban J connectivity index is 2.08. The van der Waals surface area contributed by atoms with E-state index in [4.69, 9.17) is 14.6 Å². The number of carboxylic acid groups (broad SMARTS) is 1. The summed E-state index contributed by atoms with van der Waals surface area (Å²) in [6, 6.07) is 6.00. The van der Waals surface area contributed by atoms with E-state index in [1.807, 2.05) is 0 Å². The van der Waals surface area contributed by atoms with E-state index < -0.39 is 36.7 Å². The summed E-state index contributed by atoms with van der Waals surface area (Å²) in [5, 5.41) is 40.6. The highest BCUT2D eigenvalue weighted by Gasteiger charge is 2.48. The average Bonchev–Trinajstić information content (AvgIpc) is 2.48. The summed E-state index contributed by atoms with van der Waals surface area (Å²) in [6.45, 7) is 1.36. The molecule has 1 saturated heterocycles. The highest BCUT2D eigenvalue weighted by atomic mass is 16.7. The van der Waals surface area contributed by atoms with Crippen LogP contribution in [0.1, 0.15) is 6.92 Å². The molecule has 9 nitrogen and oxygen atoms in total. The fraction of sp³-hybridized carbons (Fsp3) is 0.429. The SMILES string of the molecule is CC(=O)Nc1ccc(O[C@@H]2O[C@@H](C(=O)O)[C@@H](O)[C@H](O)[C@H]2O)cc1. The molecule has 5 N–H and O–H groups in total. The van der Waals surface area contributed by atoms with Crippen LogP contribution in [0.15, 0.2) is 24.3 Å². The molecule has 1 fully saturated rings. The second-order valence-electron chi connectivity index (χ2n) is 5.06. The van der Waals surface area contributed by atoms with Gasteiger partial charge >= 0.3 is 5.97 Å². The number of aliphatic carboxylic acids is 1. The quantitative estimate of drug-likeness (QED) is 0.469. The summed E-state index contributed by atoms with van der Waals surface area (Å²) in [5.74, 6) is -1.51. The Morgan fingerprint density at radius 2 is 1.70 bits per heavy atom. The van der Waals surface area contributed by atoms with E-state index in [0.717, 1.165) is 0 Å². The molecule has 1 aromatic rings. The van der Waals surface area contributed by atoms with Gasteiger partial charge in [0.25, 0.3) is 0 Å². The van der Waals surface area contributed by atoms with E-state index in [1.165, 1.54) is 31.2 Å². The van der Waals surface area contributed by atoms with Crippen molar-refractivity contribution in [2.24, 2.45) is 0 Å². The van der Waals surface area contributed by atoms with Crippen LogP contribution in [0.4, 0.5) is 5.69 Å². The summed E-state index contributed by atoms with van der Waals surface area (Å²) in [4.78, 5) is 21.9. The maximum absolute atomic E-state index is 11.0. The lowest BCUT2D eigenvalue weighted by Crippen LogP contribution is -2.61. The number of aliphatic hydroxyl groups excluding tert-OH is 3. The predicted molar refractivity (Wildman–Crippen MR) is 75.7 cm³/mol. The van der Waals surface area contributed by atoms with Crippen molar-refractivity contribution in [3.8, 4) is 5.75 Å². The van der Waals surface area contributed by atoms with Crippen LogP contribution >= 0.6 is 0 Å². The highest BCUT2D eigenvalue weighted by molar-refractivity contribution is 5.88. The van der Waals surface area contributed by atoms with E-state index in [9.17, 15) is 24.9 Å². The molecule has 0 radical (unpaired) electrons. The van der Waals surface area contributed by atoms with E-state index in [1.54, 1.807) is 0 Å². The molecule has 0 aliphatic carbocycles. The average molecular weight is 327 g/mol. The zero-order chi connectivity index (χ0) is 17.1. The first kappa shape index (κ1) is 17.2. The molecule has 0 spiro atoms. The normalized spacial score (nSPS) is 30.5. The first-order chi connectivity index (χ1) is 10.8. The molecule has 1 aliphatic heterocycles. The Labute approximate surface area is 131 Å². The monoisotopic (exact) mass is 327 g/mol. The molecular weight excluding hydrogens is 310 g/mol. The topological polar surface area (TPSA) is 146 Å². The number of benzene rings is 1. The number of amides is 1. The Hall–Kier alpha value is -2.20. The van der Waals surface area contributed by atoms with Gasteiger partial charge in [-0.1, -0.05) is 0 Å². The first-order valence-corrected chi connectivity index (χ1v) is 6.76. The minimum absolute atomic E-state index is 0.218. The summed E-state index contributed by atoms with van der Waals surface area (Å²) < 4.78 is 10.3. The first-order valence-electron chi connectivity index (χ1n) is 6.76. The van der Waals surface area contributed by atoms with Crippen molar-refractivity contribution in [2.75, 3.05) is 5.32 Å². The lowest BCUT2D eigenvalue weighted by Gasteiger charge is -2.38. The van der Waals surface area contributed by atoms with Crippen LogP contribution in [0.2, 0.25) is 0 Å². The predicted octanol–water partition coefficient (Wildman–Crippen LogP) is -1.08. The van der Waals surface area contributed by atoms with Gasteiger partial charge in [-0.2, -0.15) is 0 Å². The van der Waals surface area contributed by atoms with Crippen molar-refractivity contribution in [1.29, 1.82) is 0 Å². The minimum atomic E-state index is -1.77. The van der Waals surface area contributed by atoms with E-state index in [0.29, 0.717) is 5.69 Å². The van der Waals surface area contributed by atoms with Gasteiger partial charge in [0.1, 0.15) is 24.1 Å². The van der Waals surface area contributed by atoms with Crippen LogP contribution in [-0.4, -0.2) is 63.0 Å². The Kier molecular flexibility index (Phi) is 5.16. The van der Waals surface area contributed by atoms with E-state index >= 15 is 0 Å². The van der Waals surface area contributed by atoms with Crippen molar-refractivity contribution < 1.29 is 39.5 Å². The third-order valence-electron chi connectivity index (χ3n) is 3.24. The fourth-order valence-electron chi connectivity index (χ4n) is 2.10. The van der Waals surface area contributed by atoms with Crippen LogP contribution in [0.25, 0.3) is 0 Å². The lowest BCUT2D eigenvalue weighted by atomic mass is 9.99. The maximum atomic E-state index is 11.0. The van der Waals surface area contributed by atoms with Gasteiger partial charge in [-0.3, -0.25) is 4.79 Å². The summed E-state index contributed by atoms with van der Waals surface area (Å²) >= 11 is 0. The summed E-state index contributed by atoms with van der Waals surface area (Å²) in [6.07, 6.45) is -8.33. The summed E-state index contributed by atoms with van der Waals surface area (Å²) in [5.41, 5.74) is 0.522. The molecule has 9 heteroatoms. The fourth-order valence-corrected chi connectivity index (χ4v) is 2.10. The third kappa shape index (κ3) is 3.96. The number of aliphatic hydroxyl groups is 3. The number of anilines is 1.